The summed E-state index contributed by atoms with van der Waals surface area (Å²) in [5.41, 5.74) is 16.7. The summed E-state index contributed by atoms with van der Waals surface area (Å²) in [4.78, 5) is 2.32. The van der Waals surface area contributed by atoms with Crippen molar-refractivity contribution in [1.29, 1.82) is 0 Å². The Morgan fingerprint density at radius 3 is 2.56 bits per heavy atom. The van der Waals surface area contributed by atoms with Crippen LogP contribution in [-0.2, 0) is 17.8 Å². The molecule has 0 spiro atoms. The van der Waals surface area contributed by atoms with Gasteiger partial charge in [0.1, 0.15) is 0 Å². The van der Waals surface area contributed by atoms with Gasteiger partial charge in [-0.15, -0.1) is 0 Å². The van der Waals surface area contributed by atoms with Crippen LogP contribution in [0, 0.1) is 6.92 Å². The van der Waals surface area contributed by atoms with E-state index in [-0.39, 0.29) is 0 Å². The average Bonchev–Trinajstić information content (AvgIpc) is 2.62. The van der Waals surface area contributed by atoms with Gasteiger partial charge in [0, 0.05) is 24.2 Å². The first-order valence-electron chi connectivity index (χ1n) is 8.62. The highest BCUT2D eigenvalue weighted by atomic mass is 79.9. The molecular formula is C20H28BrN3O. The van der Waals surface area contributed by atoms with Crippen LogP contribution in [-0.4, -0.2) is 31.6 Å². The van der Waals surface area contributed by atoms with Gasteiger partial charge < -0.3 is 21.1 Å². The fraction of sp³-hybridized carbons (Fsp3) is 0.400. The predicted octanol–water partition coefficient (Wildman–Crippen LogP) is 4.00. The van der Waals surface area contributed by atoms with Gasteiger partial charge in [-0.1, -0.05) is 46.3 Å². The molecule has 0 aliphatic carbocycles. The topological polar surface area (TPSA) is 64.5 Å². The maximum Gasteiger partial charge on any atom is 0.0716 e. The summed E-state index contributed by atoms with van der Waals surface area (Å²) >= 11 is 3.64. The van der Waals surface area contributed by atoms with E-state index in [0.29, 0.717) is 18.0 Å². The highest BCUT2D eigenvalue weighted by molar-refractivity contribution is 9.10. The summed E-state index contributed by atoms with van der Waals surface area (Å²) in [5.74, 6) is 0. The Morgan fingerprint density at radius 2 is 1.84 bits per heavy atom. The highest BCUT2D eigenvalue weighted by Crippen LogP contribution is 2.31. The molecule has 2 aromatic carbocycles. The van der Waals surface area contributed by atoms with E-state index in [1.54, 1.807) is 0 Å². The van der Waals surface area contributed by atoms with Crippen LogP contribution in [0.15, 0.2) is 40.9 Å². The molecule has 2 rings (SSSR count). The van der Waals surface area contributed by atoms with Gasteiger partial charge in [-0.05, 0) is 49.6 Å². The summed E-state index contributed by atoms with van der Waals surface area (Å²) in [6.45, 7) is 5.43. The second-order valence-electron chi connectivity index (χ2n) is 6.42. The Morgan fingerprint density at radius 1 is 1.12 bits per heavy atom. The SMILES string of the molecule is Cc1c(N)c(N)cc(CCN(C)CCCOCc2ccccc2)c1Br. The van der Waals surface area contributed by atoms with Gasteiger partial charge in [-0.25, -0.2) is 0 Å². The third kappa shape index (κ3) is 6.03. The summed E-state index contributed by atoms with van der Waals surface area (Å²) in [5, 5.41) is 0. The smallest absolute Gasteiger partial charge is 0.0716 e. The number of hydrogen-bond donors (Lipinski definition) is 2. The van der Waals surface area contributed by atoms with Crippen LogP contribution >= 0.6 is 15.9 Å². The number of benzene rings is 2. The summed E-state index contributed by atoms with van der Waals surface area (Å²) in [6, 6.07) is 12.2. The number of ether oxygens (including phenoxy) is 1. The van der Waals surface area contributed by atoms with Crippen molar-refractivity contribution in [2.24, 2.45) is 0 Å². The molecule has 0 bridgehead atoms. The first-order chi connectivity index (χ1) is 12.0. The van der Waals surface area contributed by atoms with E-state index in [0.717, 1.165) is 42.6 Å². The fourth-order valence-electron chi connectivity index (χ4n) is 2.71. The van der Waals surface area contributed by atoms with Crippen molar-refractivity contribution in [3.63, 3.8) is 0 Å². The second-order valence-corrected chi connectivity index (χ2v) is 7.22. The number of nitrogens with two attached hydrogens (primary N) is 2. The maximum atomic E-state index is 5.98. The zero-order valence-electron chi connectivity index (χ0n) is 15.1. The Labute approximate surface area is 159 Å². The second kappa shape index (κ2) is 9.80. The maximum absolute atomic E-state index is 5.98. The van der Waals surface area contributed by atoms with E-state index >= 15 is 0 Å². The number of hydrogen-bond acceptors (Lipinski definition) is 4. The summed E-state index contributed by atoms with van der Waals surface area (Å²) in [6.07, 6.45) is 1.96. The molecule has 0 radical (unpaired) electrons. The lowest BCUT2D eigenvalue weighted by Gasteiger charge is -2.18. The standard InChI is InChI=1S/C20H28BrN3O/c1-15-19(21)17(13-18(22)20(15)23)9-11-24(2)10-6-12-25-14-16-7-4-3-5-8-16/h3-5,7-8,13H,6,9-12,14,22-23H2,1-2H3. The third-order valence-electron chi connectivity index (χ3n) is 4.36. The van der Waals surface area contributed by atoms with Gasteiger partial charge in [0.05, 0.1) is 18.0 Å². The number of likely N-dealkylation sites (N-methyl/N-ethyl adjacent to an activating group) is 1. The molecule has 0 aromatic heterocycles. The van der Waals surface area contributed by atoms with Crippen molar-refractivity contribution in [1.82, 2.24) is 4.90 Å². The largest absolute Gasteiger partial charge is 0.397 e. The fourth-order valence-corrected chi connectivity index (χ4v) is 3.24. The number of rotatable bonds is 9. The van der Waals surface area contributed by atoms with Gasteiger partial charge in [-0.3, -0.25) is 0 Å². The van der Waals surface area contributed by atoms with Gasteiger partial charge in [0.15, 0.2) is 0 Å². The van der Waals surface area contributed by atoms with E-state index < -0.39 is 0 Å². The Balaban J connectivity index is 1.68. The Hall–Kier alpha value is -1.56. The molecule has 0 heterocycles. The molecule has 0 atom stereocenters. The van der Waals surface area contributed by atoms with Crippen LogP contribution in [0.25, 0.3) is 0 Å². The third-order valence-corrected chi connectivity index (χ3v) is 5.46. The lowest BCUT2D eigenvalue weighted by Crippen LogP contribution is -2.23. The van der Waals surface area contributed by atoms with E-state index in [1.807, 2.05) is 31.2 Å². The molecule has 25 heavy (non-hydrogen) atoms. The van der Waals surface area contributed by atoms with Crippen molar-refractivity contribution in [3.05, 3.63) is 57.6 Å². The van der Waals surface area contributed by atoms with Crippen molar-refractivity contribution >= 4 is 27.3 Å². The van der Waals surface area contributed by atoms with Gasteiger partial charge in [-0.2, -0.15) is 0 Å². The molecule has 136 valence electrons. The lowest BCUT2D eigenvalue weighted by molar-refractivity contribution is 0.111. The average molecular weight is 406 g/mol. The normalized spacial score (nSPS) is 11.2. The first-order valence-corrected chi connectivity index (χ1v) is 9.41. The molecule has 2 aromatic rings. The number of halogens is 1. The first kappa shape index (κ1) is 19.8. The van der Waals surface area contributed by atoms with E-state index in [4.69, 9.17) is 16.2 Å². The van der Waals surface area contributed by atoms with Crippen LogP contribution < -0.4 is 11.5 Å². The Kier molecular flexibility index (Phi) is 7.75. The molecule has 0 unspecified atom stereocenters. The highest BCUT2D eigenvalue weighted by Gasteiger charge is 2.10. The van der Waals surface area contributed by atoms with Crippen LogP contribution in [0.2, 0.25) is 0 Å². The van der Waals surface area contributed by atoms with E-state index in [2.05, 4.69) is 40.0 Å². The molecule has 0 aliphatic heterocycles. The van der Waals surface area contributed by atoms with Crippen LogP contribution in [0.3, 0.4) is 0 Å². The van der Waals surface area contributed by atoms with Gasteiger partial charge in [0.2, 0.25) is 0 Å². The number of anilines is 2. The van der Waals surface area contributed by atoms with Crippen molar-refractivity contribution in [2.75, 3.05) is 38.2 Å². The minimum absolute atomic E-state index is 0.660. The van der Waals surface area contributed by atoms with Crippen molar-refractivity contribution in [3.8, 4) is 0 Å². The van der Waals surface area contributed by atoms with Gasteiger partial charge in [0.25, 0.3) is 0 Å². The minimum atomic E-state index is 0.660. The predicted molar refractivity (Wildman–Crippen MR) is 110 cm³/mol. The van der Waals surface area contributed by atoms with E-state index in [9.17, 15) is 0 Å². The molecule has 0 amide bonds. The molecule has 0 saturated carbocycles. The molecule has 4 N–H and O–H groups in total. The van der Waals surface area contributed by atoms with Gasteiger partial charge >= 0.3 is 0 Å². The quantitative estimate of drug-likeness (QED) is 0.488. The summed E-state index contributed by atoms with van der Waals surface area (Å²) in [7, 11) is 2.14. The Bertz CT molecular complexity index is 676. The van der Waals surface area contributed by atoms with E-state index in [1.165, 1.54) is 11.1 Å². The molecule has 4 nitrogen and oxygen atoms in total. The van der Waals surface area contributed by atoms with Crippen molar-refractivity contribution < 1.29 is 4.74 Å². The molecular weight excluding hydrogens is 378 g/mol. The molecule has 0 saturated heterocycles. The molecule has 0 fully saturated rings. The van der Waals surface area contributed by atoms with Crippen LogP contribution in [0.5, 0.6) is 0 Å². The van der Waals surface area contributed by atoms with Crippen molar-refractivity contribution in [2.45, 2.75) is 26.4 Å². The number of nitrogens with zero attached hydrogens (tertiary/aromatic N) is 1. The monoisotopic (exact) mass is 405 g/mol. The zero-order valence-corrected chi connectivity index (χ0v) is 16.7. The zero-order chi connectivity index (χ0) is 18.2. The molecule has 5 heteroatoms. The lowest BCUT2D eigenvalue weighted by atomic mass is 10.1. The van der Waals surface area contributed by atoms with Crippen LogP contribution in [0.1, 0.15) is 23.1 Å². The van der Waals surface area contributed by atoms with Crippen LogP contribution in [0.4, 0.5) is 11.4 Å². The molecule has 0 aliphatic rings. The minimum Gasteiger partial charge on any atom is -0.397 e. The summed E-state index contributed by atoms with van der Waals surface area (Å²) < 4.78 is 6.80. The number of nitrogen functional groups attached to an aromatic ring is 2.